The van der Waals surface area contributed by atoms with Gasteiger partial charge in [0.15, 0.2) is 5.78 Å². The van der Waals surface area contributed by atoms with Gasteiger partial charge >= 0.3 is 0 Å². The molecule has 1 aliphatic carbocycles. The molecule has 1 aliphatic heterocycles. The quantitative estimate of drug-likeness (QED) is 0.750. The van der Waals surface area contributed by atoms with Gasteiger partial charge in [0.2, 0.25) is 0 Å². The number of rotatable bonds is 2. The average Bonchev–Trinajstić information content (AvgIpc) is 2.47. The minimum absolute atomic E-state index is 0.0145. The van der Waals surface area contributed by atoms with Gasteiger partial charge in [-0.3, -0.25) is 4.79 Å². The van der Waals surface area contributed by atoms with Crippen molar-refractivity contribution >= 4 is 5.78 Å². The van der Waals surface area contributed by atoms with Gasteiger partial charge in [0.25, 0.3) is 0 Å². The lowest BCUT2D eigenvalue weighted by atomic mass is 9.74. The van der Waals surface area contributed by atoms with Crippen LogP contribution in [0.1, 0.15) is 60.9 Å². The van der Waals surface area contributed by atoms with Crippen LogP contribution < -0.4 is 0 Å². The van der Waals surface area contributed by atoms with Gasteiger partial charge in [-0.1, -0.05) is 43.0 Å². The van der Waals surface area contributed by atoms with Crippen LogP contribution in [-0.2, 0) is 4.74 Å². The van der Waals surface area contributed by atoms with E-state index in [1.807, 2.05) is 31.2 Å². The molecule has 2 fully saturated rings. The SMILES string of the molecule is Cc1cccc(C(=O)C2CCOC3(CCCCC3)C2)c1. The molecule has 2 aliphatic rings. The van der Waals surface area contributed by atoms with Crippen LogP contribution in [0.15, 0.2) is 24.3 Å². The number of benzene rings is 1. The molecule has 1 saturated heterocycles. The van der Waals surface area contributed by atoms with Crippen molar-refractivity contribution in [3.63, 3.8) is 0 Å². The van der Waals surface area contributed by atoms with E-state index in [4.69, 9.17) is 4.74 Å². The highest BCUT2D eigenvalue weighted by Gasteiger charge is 2.40. The number of hydrogen-bond acceptors (Lipinski definition) is 2. The van der Waals surface area contributed by atoms with Crippen LogP contribution in [-0.4, -0.2) is 18.0 Å². The van der Waals surface area contributed by atoms with E-state index in [-0.39, 0.29) is 11.5 Å². The normalized spacial score (nSPS) is 25.6. The third-order valence-electron chi connectivity index (χ3n) is 4.93. The fourth-order valence-corrected chi connectivity index (χ4v) is 3.83. The van der Waals surface area contributed by atoms with E-state index in [0.717, 1.165) is 43.4 Å². The largest absolute Gasteiger partial charge is 0.375 e. The third kappa shape index (κ3) is 2.80. The van der Waals surface area contributed by atoms with Crippen LogP contribution in [0.5, 0.6) is 0 Å². The topological polar surface area (TPSA) is 26.3 Å². The van der Waals surface area contributed by atoms with Crippen LogP contribution in [0, 0.1) is 12.8 Å². The molecule has 1 unspecified atom stereocenters. The number of carbonyl (C=O) groups excluding carboxylic acids is 1. The molecular formula is C18H24O2. The molecule has 1 heterocycles. The first-order valence-corrected chi connectivity index (χ1v) is 7.93. The van der Waals surface area contributed by atoms with E-state index < -0.39 is 0 Å². The van der Waals surface area contributed by atoms with Crippen molar-refractivity contribution in [1.29, 1.82) is 0 Å². The summed E-state index contributed by atoms with van der Waals surface area (Å²) in [6.45, 7) is 2.80. The molecule has 2 nitrogen and oxygen atoms in total. The summed E-state index contributed by atoms with van der Waals surface area (Å²) in [5.74, 6) is 0.477. The molecule has 20 heavy (non-hydrogen) atoms. The highest BCUT2D eigenvalue weighted by atomic mass is 16.5. The zero-order chi connectivity index (χ0) is 14.0. The van der Waals surface area contributed by atoms with Crippen molar-refractivity contribution in [2.75, 3.05) is 6.61 Å². The fraction of sp³-hybridized carbons (Fsp3) is 0.611. The Morgan fingerprint density at radius 3 is 2.80 bits per heavy atom. The van der Waals surface area contributed by atoms with Crippen LogP contribution in [0.25, 0.3) is 0 Å². The molecule has 1 aromatic carbocycles. The molecule has 2 heteroatoms. The molecule has 3 rings (SSSR count). The van der Waals surface area contributed by atoms with Gasteiger partial charge in [0.1, 0.15) is 0 Å². The Labute approximate surface area is 121 Å². The lowest BCUT2D eigenvalue weighted by Crippen LogP contribution is -2.43. The molecule has 0 bridgehead atoms. The Bertz CT molecular complexity index is 480. The van der Waals surface area contributed by atoms with Gasteiger partial charge in [0.05, 0.1) is 5.60 Å². The van der Waals surface area contributed by atoms with Crippen molar-refractivity contribution in [2.45, 2.75) is 57.5 Å². The monoisotopic (exact) mass is 272 g/mol. The summed E-state index contributed by atoms with van der Waals surface area (Å²) >= 11 is 0. The first-order chi connectivity index (χ1) is 9.69. The fourth-order valence-electron chi connectivity index (χ4n) is 3.83. The maximum Gasteiger partial charge on any atom is 0.166 e. The summed E-state index contributed by atoms with van der Waals surface area (Å²) < 4.78 is 6.09. The number of Topliss-reactive ketones (excluding diaryl/α,β-unsaturated/α-hetero) is 1. The molecule has 108 valence electrons. The van der Waals surface area contributed by atoms with Crippen molar-refractivity contribution in [3.8, 4) is 0 Å². The molecule has 0 amide bonds. The minimum atomic E-state index is 0.0145. The second-order valence-corrected chi connectivity index (χ2v) is 6.52. The molecule has 1 atom stereocenters. The molecule has 1 spiro atoms. The lowest BCUT2D eigenvalue weighted by molar-refractivity contribution is -0.111. The number of ether oxygens (including phenoxy) is 1. The van der Waals surface area contributed by atoms with Crippen LogP contribution >= 0.6 is 0 Å². The van der Waals surface area contributed by atoms with E-state index in [0.29, 0.717) is 5.78 Å². The van der Waals surface area contributed by atoms with Gasteiger partial charge in [-0.25, -0.2) is 0 Å². The number of ketones is 1. The second-order valence-electron chi connectivity index (χ2n) is 6.52. The third-order valence-corrected chi connectivity index (χ3v) is 4.93. The number of carbonyl (C=O) groups is 1. The predicted octanol–water partition coefficient (Wildman–Crippen LogP) is 4.31. The summed E-state index contributed by atoms with van der Waals surface area (Å²) in [5.41, 5.74) is 2.05. The van der Waals surface area contributed by atoms with E-state index in [9.17, 15) is 4.79 Å². The van der Waals surface area contributed by atoms with E-state index in [1.54, 1.807) is 0 Å². The predicted molar refractivity (Wildman–Crippen MR) is 80.0 cm³/mol. The average molecular weight is 272 g/mol. The molecule has 0 radical (unpaired) electrons. The Kier molecular flexibility index (Phi) is 3.93. The summed E-state index contributed by atoms with van der Waals surface area (Å²) in [6, 6.07) is 8.01. The van der Waals surface area contributed by atoms with Crippen LogP contribution in [0.4, 0.5) is 0 Å². The van der Waals surface area contributed by atoms with Crippen LogP contribution in [0.2, 0.25) is 0 Å². The maximum atomic E-state index is 12.7. The summed E-state index contributed by atoms with van der Waals surface area (Å²) in [5, 5.41) is 0. The van der Waals surface area contributed by atoms with Crippen molar-refractivity contribution in [3.05, 3.63) is 35.4 Å². The van der Waals surface area contributed by atoms with Crippen molar-refractivity contribution < 1.29 is 9.53 Å². The summed E-state index contributed by atoms with van der Waals surface area (Å²) in [6.07, 6.45) is 7.93. The minimum Gasteiger partial charge on any atom is -0.375 e. The van der Waals surface area contributed by atoms with E-state index >= 15 is 0 Å². The van der Waals surface area contributed by atoms with Gasteiger partial charge in [0, 0.05) is 18.1 Å². The van der Waals surface area contributed by atoms with Gasteiger partial charge in [-0.15, -0.1) is 0 Å². The smallest absolute Gasteiger partial charge is 0.166 e. The van der Waals surface area contributed by atoms with Gasteiger partial charge < -0.3 is 4.74 Å². The standard InChI is InChI=1S/C18H24O2/c1-14-6-5-7-15(12-14)17(19)16-8-11-20-18(13-16)9-3-2-4-10-18/h5-7,12,16H,2-4,8-11,13H2,1H3. The Hall–Kier alpha value is -1.15. The van der Waals surface area contributed by atoms with Gasteiger partial charge in [-0.2, -0.15) is 0 Å². The molecule has 0 aromatic heterocycles. The Morgan fingerprint density at radius 2 is 2.05 bits per heavy atom. The van der Waals surface area contributed by atoms with E-state index in [2.05, 4.69) is 0 Å². The van der Waals surface area contributed by atoms with E-state index in [1.165, 1.54) is 19.3 Å². The van der Waals surface area contributed by atoms with Crippen molar-refractivity contribution in [1.82, 2.24) is 0 Å². The lowest BCUT2D eigenvalue weighted by Gasteiger charge is -2.43. The second kappa shape index (κ2) is 5.69. The van der Waals surface area contributed by atoms with Crippen LogP contribution in [0.3, 0.4) is 0 Å². The first-order valence-electron chi connectivity index (χ1n) is 7.93. The zero-order valence-corrected chi connectivity index (χ0v) is 12.4. The number of aryl methyl sites for hydroxylation is 1. The molecule has 1 saturated carbocycles. The zero-order valence-electron chi connectivity index (χ0n) is 12.4. The summed E-state index contributed by atoms with van der Waals surface area (Å²) in [7, 11) is 0. The number of hydrogen-bond donors (Lipinski definition) is 0. The summed E-state index contributed by atoms with van der Waals surface area (Å²) in [4.78, 5) is 12.7. The molecule has 1 aromatic rings. The highest BCUT2D eigenvalue weighted by molar-refractivity contribution is 5.98. The Morgan fingerprint density at radius 1 is 1.25 bits per heavy atom. The maximum absolute atomic E-state index is 12.7. The molecule has 0 N–H and O–H groups in total. The van der Waals surface area contributed by atoms with Crippen molar-refractivity contribution in [2.24, 2.45) is 5.92 Å². The first kappa shape index (κ1) is 13.8. The molecular weight excluding hydrogens is 248 g/mol. The van der Waals surface area contributed by atoms with Gasteiger partial charge in [-0.05, 0) is 38.7 Å². The Balaban J connectivity index is 1.74. The highest BCUT2D eigenvalue weighted by Crippen LogP contribution is 2.41.